The molecule has 4 N–H and O–H groups in total. The van der Waals surface area contributed by atoms with E-state index in [2.05, 4.69) is 187 Å². The standard InChI is InChI=1S/C68H47NO3/c70-55-31-24-45(25-32-55)59-42-60(46-26-33-56(71)34-27-46)66(54-30-37-62-52(41-54)38-39-69-62)68(65(59)50-28-35-57(72)36-29-50)53-23-13-22-51(40-53)61-43-58(44-14-5-1-6-15-44)63(47-16-7-2-8-17-47)67(49-20-11-4-12-21-49)64(61)48-18-9-3-10-19-48/h1-43,69-72H. The van der Waals surface area contributed by atoms with E-state index in [1.54, 1.807) is 36.4 Å². The third-order valence-corrected chi connectivity index (χ3v) is 13.7. The molecule has 12 rings (SSSR count). The molecule has 4 nitrogen and oxygen atoms in total. The van der Waals surface area contributed by atoms with Gasteiger partial charge < -0.3 is 20.3 Å². The topological polar surface area (TPSA) is 76.5 Å². The Hall–Kier alpha value is -9.64. The molecule has 342 valence electrons. The molecule has 1 aromatic heterocycles. The Balaban J connectivity index is 1.24. The molecule has 0 fully saturated rings. The van der Waals surface area contributed by atoms with E-state index in [4.69, 9.17) is 0 Å². The van der Waals surface area contributed by atoms with Crippen LogP contribution in [-0.4, -0.2) is 20.3 Å². The van der Waals surface area contributed by atoms with Gasteiger partial charge in [-0.3, -0.25) is 0 Å². The summed E-state index contributed by atoms with van der Waals surface area (Å²) in [6.45, 7) is 0. The summed E-state index contributed by atoms with van der Waals surface area (Å²) < 4.78 is 0. The number of rotatable bonds is 10. The summed E-state index contributed by atoms with van der Waals surface area (Å²) in [7, 11) is 0. The number of aromatic hydroxyl groups is 3. The largest absolute Gasteiger partial charge is 0.508 e. The summed E-state index contributed by atoms with van der Waals surface area (Å²) in [5, 5.41) is 33.1. The van der Waals surface area contributed by atoms with Gasteiger partial charge in [-0.25, -0.2) is 0 Å². The predicted octanol–water partition coefficient (Wildman–Crippen LogP) is 18.0. The van der Waals surface area contributed by atoms with Crippen LogP contribution in [0.3, 0.4) is 0 Å². The van der Waals surface area contributed by atoms with Gasteiger partial charge in [-0.1, -0.05) is 182 Å². The lowest BCUT2D eigenvalue weighted by Crippen LogP contribution is -1.99. The highest BCUT2D eigenvalue weighted by Gasteiger charge is 2.27. The van der Waals surface area contributed by atoms with Crippen LogP contribution in [0.2, 0.25) is 0 Å². The fourth-order valence-electron chi connectivity index (χ4n) is 10.4. The maximum absolute atomic E-state index is 10.8. The number of nitrogens with one attached hydrogen (secondary N) is 1. The monoisotopic (exact) mass is 925 g/mol. The molecule has 0 aliphatic carbocycles. The van der Waals surface area contributed by atoms with E-state index >= 15 is 0 Å². The van der Waals surface area contributed by atoms with Crippen LogP contribution in [-0.2, 0) is 0 Å². The van der Waals surface area contributed by atoms with Crippen molar-refractivity contribution in [3.05, 3.63) is 261 Å². The normalized spacial score (nSPS) is 11.2. The van der Waals surface area contributed by atoms with Crippen molar-refractivity contribution in [2.75, 3.05) is 0 Å². The van der Waals surface area contributed by atoms with Crippen molar-refractivity contribution < 1.29 is 15.3 Å². The van der Waals surface area contributed by atoms with Crippen LogP contribution in [0.15, 0.2) is 261 Å². The highest BCUT2D eigenvalue weighted by molar-refractivity contribution is 6.11. The minimum Gasteiger partial charge on any atom is -0.508 e. The molecule has 0 aliphatic rings. The molecule has 0 bridgehead atoms. The van der Waals surface area contributed by atoms with Crippen LogP contribution in [0, 0.1) is 0 Å². The Morgan fingerprint density at radius 2 is 0.542 bits per heavy atom. The number of hydrogen-bond acceptors (Lipinski definition) is 3. The minimum absolute atomic E-state index is 0.170. The first-order chi connectivity index (χ1) is 35.4. The molecule has 0 saturated carbocycles. The lowest BCUT2D eigenvalue weighted by atomic mass is 9.77. The molecular weight excluding hydrogens is 879 g/mol. The molecule has 0 atom stereocenters. The minimum atomic E-state index is 0.170. The second kappa shape index (κ2) is 18.7. The molecular formula is C68H47NO3. The molecule has 11 aromatic carbocycles. The smallest absolute Gasteiger partial charge is 0.115 e. The van der Waals surface area contributed by atoms with Gasteiger partial charge in [0.25, 0.3) is 0 Å². The van der Waals surface area contributed by atoms with Gasteiger partial charge in [0.15, 0.2) is 0 Å². The molecule has 0 aliphatic heterocycles. The highest BCUT2D eigenvalue weighted by atomic mass is 16.3. The predicted molar refractivity (Wildman–Crippen MR) is 298 cm³/mol. The first-order valence-corrected chi connectivity index (χ1v) is 24.2. The molecule has 12 aromatic rings. The zero-order valence-corrected chi connectivity index (χ0v) is 39.2. The summed E-state index contributed by atoms with van der Waals surface area (Å²) in [5.74, 6) is 0.520. The molecule has 0 spiro atoms. The van der Waals surface area contributed by atoms with Crippen molar-refractivity contribution in [3.8, 4) is 129 Å². The summed E-state index contributed by atoms with van der Waals surface area (Å²) in [5.41, 5.74) is 21.7. The van der Waals surface area contributed by atoms with Gasteiger partial charge in [0.1, 0.15) is 17.2 Å². The first-order valence-electron chi connectivity index (χ1n) is 24.2. The van der Waals surface area contributed by atoms with E-state index in [0.29, 0.717) is 0 Å². The van der Waals surface area contributed by atoms with E-state index in [9.17, 15) is 15.3 Å². The van der Waals surface area contributed by atoms with Crippen molar-refractivity contribution in [1.29, 1.82) is 0 Å². The number of phenolic OH excluding ortho intramolecular Hbond substituents is 3. The van der Waals surface area contributed by atoms with Gasteiger partial charge in [-0.15, -0.1) is 0 Å². The number of benzene rings is 11. The maximum atomic E-state index is 10.8. The number of H-pyrrole nitrogens is 1. The summed E-state index contributed by atoms with van der Waals surface area (Å²) in [4.78, 5) is 3.39. The lowest BCUT2D eigenvalue weighted by Gasteiger charge is -2.26. The number of fused-ring (bicyclic) bond motifs is 1. The number of phenols is 3. The van der Waals surface area contributed by atoms with Gasteiger partial charge in [0.2, 0.25) is 0 Å². The number of aromatic nitrogens is 1. The number of hydrogen-bond donors (Lipinski definition) is 4. The van der Waals surface area contributed by atoms with E-state index in [1.807, 2.05) is 42.6 Å². The van der Waals surface area contributed by atoms with Crippen LogP contribution < -0.4 is 0 Å². The Morgan fingerprint density at radius 3 is 1.03 bits per heavy atom. The maximum Gasteiger partial charge on any atom is 0.115 e. The summed E-state index contributed by atoms with van der Waals surface area (Å²) in [6.07, 6.45) is 1.97. The molecule has 1 heterocycles. The quantitative estimate of drug-likeness (QED) is 0.110. The van der Waals surface area contributed by atoms with E-state index in [-0.39, 0.29) is 17.2 Å². The van der Waals surface area contributed by atoms with Gasteiger partial charge >= 0.3 is 0 Å². The fraction of sp³-hybridized carbons (Fsp3) is 0. The van der Waals surface area contributed by atoms with Crippen LogP contribution >= 0.6 is 0 Å². The van der Waals surface area contributed by atoms with Crippen LogP contribution in [0.1, 0.15) is 0 Å². The Morgan fingerprint density at radius 1 is 0.222 bits per heavy atom. The van der Waals surface area contributed by atoms with Crippen LogP contribution in [0.5, 0.6) is 17.2 Å². The third-order valence-electron chi connectivity index (χ3n) is 13.7. The average Bonchev–Trinajstić information content (AvgIpc) is 3.92. The van der Waals surface area contributed by atoms with Gasteiger partial charge in [-0.05, 0) is 189 Å². The second-order valence-electron chi connectivity index (χ2n) is 18.2. The molecule has 4 heteroatoms. The Kier molecular flexibility index (Phi) is 11.3. The lowest BCUT2D eigenvalue weighted by molar-refractivity contribution is 0.475. The first kappa shape index (κ1) is 43.6. The van der Waals surface area contributed by atoms with E-state index in [1.165, 1.54) is 0 Å². The summed E-state index contributed by atoms with van der Waals surface area (Å²) in [6, 6.07) is 87.4. The zero-order chi connectivity index (χ0) is 48.5. The van der Waals surface area contributed by atoms with Crippen molar-refractivity contribution >= 4 is 10.9 Å². The van der Waals surface area contributed by atoms with Gasteiger partial charge in [0, 0.05) is 11.7 Å². The molecule has 0 radical (unpaired) electrons. The number of aromatic amines is 1. The van der Waals surface area contributed by atoms with Crippen molar-refractivity contribution in [2.45, 2.75) is 0 Å². The summed E-state index contributed by atoms with van der Waals surface area (Å²) >= 11 is 0. The molecule has 0 unspecified atom stereocenters. The average molecular weight is 926 g/mol. The SMILES string of the molecule is Oc1ccc(-c2cc(-c3ccc(O)cc3)c(-c3ccc4[nH]ccc4c3)c(-c3cccc(-c4cc(-c5ccccc5)c(-c5ccccc5)c(-c5ccccc5)c4-c4ccccc4)c3)c2-c2ccc(O)cc2)cc1. The van der Waals surface area contributed by atoms with Crippen LogP contribution in [0.4, 0.5) is 0 Å². The van der Waals surface area contributed by atoms with Crippen LogP contribution in [0.25, 0.3) is 122 Å². The van der Waals surface area contributed by atoms with Gasteiger partial charge in [0.05, 0.1) is 0 Å². The van der Waals surface area contributed by atoms with E-state index in [0.717, 1.165) is 122 Å². The Labute approximate surface area is 418 Å². The second-order valence-corrected chi connectivity index (χ2v) is 18.2. The van der Waals surface area contributed by atoms with Crippen molar-refractivity contribution in [3.63, 3.8) is 0 Å². The van der Waals surface area contributed by atoms with Gasteiger partial charge in [-0.2, -0.15) is 0 Å². The molecule has 0 amide bonds. The Bertz CT molecular complexity index is 3880. The van der Waals surface area contributed by atoms with Crippen molar-refractivity contribution in [2.24, 2.45) is 0 Å². The highest BCUT2D eigenvalue weighted by Crippen LogP contribution is 2.54. The fourth-order valence-corrected chi connectivity index (χ4v) is 10.4. The van der Waals surface area contributed by atoms with E-state index < -0.39 is 0 Å². The zero-order valence-electron chi connectivity index (χ0n) is 39.2. The van der Waals surface area contributed by atoms with Crippen molar-refractivity contribution in [1.82, 2.24) is 4.98 Å². The third kappa shape index (κ3) is 8.17. The molecule has 72 heavy (non-hydrogen) atoms. The molecule has 0 saturated heterocycles.